The Morgan fingerprint density at radius 2 is 0.443 bits per heavy atom. The Hall–Kier alpha value is -1.04. The molecule has 0 aromatic rings. The van der Waals surface area contributed by atoms with E-state index in [2.05, 4.69) is 41.5 Å². The number of aliphatic carboxylic acids is 4. The van der Waals surface area contributed by atoms with E-state index >= 15 is 0 Å². The van der Waals surface area contributed by atoms with Crippen LogP contribution in [0.3, 0.4) is 0 Å². The predicted octanol–water partition coefficient (Wildman–Crippen LogP) is 14.4. The Morgan fingerprint density at radius 3 is 0.600 bits per heavy atom. The van der Waals surface area contributed by atoms with Gasteiger partial charge < -0.3 is 39.6 Å². The van der Waals surface area contributed by atoms with Crippen LogP contribution in [0.4, 0.5) is 0 Å². The van der Waals surface area contributed by atoms with Crippen molar-refractivity contribution in [3.63, 3.8) is 0 Å². The zero-order valence-corrected chi connectivity index (χ0v) is 52.7. The predicted molar refractivity (Wildman–Crippen MR) is 295 cm³/mol. The van der Waals surface area contributed by atoms with Gasteiger partial charge in [-0.25, -0.2) is 0 Å². The fourth-order valence-corrected chi connectivity index (χ4v) is 16.3. The Kier molecular flexibility index (Phi) is 73.3. The zero-order chi connectivity index (χ0) is 52.8. The molecule has 0 aromatic heterocycles. The van der Waals surface area contributed by atoms with Crippen molar-refractivity contribution >= 4 is 66.2 Å². The molecule has 8 nitrogen and oxygen atoms in total. The first kappa shape index (κ1) is 75.5. The summed E-state index contributed by atoms with van der Waals surface area (Å²) in [6.45, 7) is 13.7. The van der Waals surface area contributed by atoms with Crippen molar-refractivity contribution < 1.29 is 39.6 Å². The van der Waals surface area contributed by atoms with Gasteiger partial charge in [0.2, 0.25) is 0 Å². The van der Waals surface area contributed by atoms with E-state index in [9.17, 15) is 39.6 Å². The number of carbonyl (C=O) groups is 4. The van der Waals surface area contributed by atoms with Crippen LogP contribution in [0.15, 0.2) is 23.3 Å². The van der Waals surface area contributed by atoms with E-state index in [4.69, 9.17) is 0 Å². The molecule has 0 radical (unpaired) electrons. The second-order valence-corrected chi connectivity index (χ2v) is 28.1. The van der Waals surface area contributed by atoms with E-state index in [-0.39, 0.29) is 66.3 Å². The van der Waals surface area contributed by atoms with Gasteiger partial charge >= 0.3 is 139 Å². The van der Waals surface area contributed by atoms with Gasteiger partial charge in [-0.1, -0.05) is 206 Å². The van der Waals surface area contributed by atoms with Crippen molar-refractivity contribution in [1.29, 1.82) is 0 Å². The molecule has 0 aromatic carbocycles. The molecule has 0 aliphatic carbocycles. The molecule has 70 heavy (non-hydrogen) atoms. The maximum absolute atomic E-state index is 10.8. The van der Waals surface area contributed by atoms with Gasteiger partial charge in [0.25, 0.3) is 0 Å². The van der Waals surface area contributed by atoms with E-state index < -0.39 is 23.9 Å². The second-order valence-electron chi connectivity index (χ2n) is 19.6. The average Bonchev–Trinajstić information content (AvgIpc) is 3.33. The third kappa shape index (κ3) is 73.5. The first-order valence-corrected chi connectivity index (χ1v) is 37.7. The number of hydrogen-bond acceptors (Lipinski definition) is 8. The van der Waals surface area contributed by atoms with Crippen molar-refractivity contribution in [1.82, 2.24) is 0 Å². The number of carboxylic acid groups (broad SMARTS) is 4. The van der Waals surface area contributed by atoms with Gasteiger partial charge in [0.1, 0.15) is 0 Å². The van der Waals surface area contributed by atoms with E-state index in [1.54, 1.807) is 17.7 Å². The van der Waals surface area contributed by atoms with E-state index in [0.29, 0.717) is 25.0 Å². The number of carbonyl (C=O) groups excluding carboxylic acids is 4. The minimum atomic E-state index is -1.47. The van der Waals surface area contributed by atoms with Crippen LogP contribution in [0.5, 0.6) is 0 Å². The van der Waals surface area contributed by atoms with Crippen LogP contribution in [-0.2, 0) is 19.2 Å². The molecule has 0 N–H and O–H groups in total. The first-order valence-electron chi connectivity index (χ1n) is 29.7. The van der Waals surface area contributed by atoms with Crippen molar-refractivity contribution in [2.24, 2.45) is 0 Å². The summed E-state index contributed by atoms with van der Waals surface area (Å²) in [7, 11) is 0. The van der Waals surface area contributed by atoms with Gasteiger partial charge in [-0.15, -0.1) is 0 Å². The molecule has 0 unspecified atom stereocenters. The standard InChI is InChI=1S/2C22H40O4.4C4H9.2Sn/c2*1-2-3-4-5-6-7-8-9-10-11-12-13-14-15-16-17-18-20(22(25)26)19-21(23)24;4*1-3-4-2;;/h2*19H,2-18H2,1H3,(H,23,24)(H,25,26);4*1,3-4H2,2H3;;/q;;;;;;2*+2/p-4/b2*20-19-;;;;;;. The third-order valence-corrected chi connectivity index (χ3v) is 20.6. The summed E-state index contributed by atoms with van der Waals surface area (Å²) in [6.07, 6.45) is 53.6. The molecule has 0 aliphatic heterocycles. The Bertz CT molecular complexity index is 1060. The topological polar surface area (TPSA) is 161 Å². The summed E-state index contributed by atoms with van der Waals surface area (Å²) in [5.41, 5.74) is -0.342. The van der Waals surface area contributed by atoms with Crippen LogP contribution >= 0.6 is 0 Å². The summed E-state index contributed by atoms with van der Waals surface area (Å²) < 4.78 is 6.50. The van der Waals surface area contributed by atoms with Crippen LogP contribution in [-0.4, -0.2) is 66.2 Å². The molecule has 0 atom stereocenters. The fraction of sp³-hybridized carbons (Fsp3) is 0.867. The van der Waals surface area contributed by atoms with Crippen molar-refractivity contribution in [3.05, 3.63) is 23.3 Å². The molecule has 10 heteroatoms. The van der Waals surface area contributed by atoms with E-state index in [1.807, 2.05) is 0 Å². The molecule has 0 bridgehead atoms. The normalized spacial score (nSPS) is 11.0. The van der Waals surface area contributed by atoms with Crippen LogP contribution in [0.1, 0.15) is 311 Å². The quantitative estimate of drug-likeness (QED) is 0.0330. The molecule has 0 saturated heterocycles. The molecule has 0 amide bonds. The number of hydrogen-bond donors (Lipinski definition) is 0. The zero-order valence-electron chi connectivity index (χ0n) is 46.9. The number of unbranched alkanes of at least 4 members (excludes halogenated alkanes) is 34. The summed E-state index contributed by atoms with van der Waals surface area (Å²) in [6, 6.07) is 0. The monoisotopic (exact) mass is 1200 g/mol. The van der Waals surface area contributed by atoms with Gasteiger partial charge in [0, 0.05) is 0 Å². The molecular formula is C60H112O8Sn2. The molecule has 0 aliphatic rings. The van der Waals surface area contributed by atoms with Crippen LogP contribution < -0.4 is 20.4 Å². The molecule has 0 saturated carbocycles. The maximum atomic E-state index is 10.8. The van der Waals surface area contributed by atoms with Crippen molar-refractivity contribution in [2.75, 3.05) is 0 Å². The Balaban J connectivity index is -0.000000462. The summed E-state index contributed by atoms with van der Waals surface area (Å²) in [4.78, 5) is 42.3. The molecule has 0 spiro atoms. The number of rotatable bonds is 50. The number of carboxylic acids is 4. The van der Waals surface area contributed by atoms with Crippen LogP contribution in [0, 0.1) is 0 Å². The van der Waals surface area contributed by atoms with Gasteiger partial charge in [0.05, 0.1) is 23.9 Å². The molecular weight excluding hydrogens is 1090 g/mol. The Morgan fingerprint density at radius 1 is 0.271 bits per heavy atom. The minimum absolute atomic E-state index is 0.149. The van der Waals surface area contributed by atoms with Gasteiger partial charge in [-0.2, -0.15) is 0 Å². The molecule has 0 fully saturated rings. The third-order valence-electron chi connectivity index (χ3n) is 12.5. The fourth-order valence-electron chi connectivity index (χ4n) is 7.94. The van der Waals surface area contributed by atoms with Gasteiger partial charge in [-0.3, -0.25) is 0 Å². The average molecular weight is 1200 g/mol. The molecule has 408 valence electrons. The van der Waals surface area contributed by atoms with E-state index in [1.165, 1.54) is 218 Å². The van der Waals surface area contributed by atoms with Crippen LogP contribution in [0.25, 0.3) is 0 Å². The second kappa shape index (κ2) is 68.0. The summed E-state index contributed by atoms with van der Waals surface area (Å²) >= 11 is 0.299. The molecule has 0 rings (SSSR count). The first-order chi connectivity index (χ1) is 34.0. The molecule has 0 heterocycles. The van der Waals surface area contributed by atoms with Crippen LogP contribution in [0.2, 0.25) is 17.7 Å². The van der Waals surface area contributed by atoms with Gasteiger partial charge in [-0.05, 0) is 49.0 Å². The van der Waals surface area contributed by atoms with Crippen molar-refractivity contribution in [3.8, 4) is 0 Å². The Labute approximate surface area is 454 Å². The summed E-state index contributed by atoms with van der Waals surface area (Å²) in [5, 5.41) is 42.3. The summed E-state index contributed by atoms with van der Waals surface area (Å²) in [5.74, 6) is -5.76. The van der Waals surface area contributed by atoms with E-state index in [0.717, 1.165) is 25.7 Å². The SMILES string of the molecule is CCCCCCCCCCCCCCCCCC/C(=C/C(=O)[O-])C(=O)[O-].CCCCCCCCCCCCCCCCCC/C(=C/C(=O)[O-])C(=O)[O-].CCC[CH2][Sn+2][CH2]CCC.CCC[CH2][Sn+2][CH2]CCC. The van der Waals surface area contributed by atoms with Gasteiger partial charge in [0.15, 0.2) is 0 Å². The van der Waals surface area contributed by atoms with Crippen molar-refractivity contribution in [2.45, 2.75) is 329 Å².